The van der Waals surface area contributed by atoms with E-state index in [4.69, 9.17) is 10.5 Å². The van der Waals surface area contributed by atoms with Crippen LogP contribution in [0, 0.1) is 0 Å². The Balaban J connectivity index is 2.54. The van der Waals surface area contributed by atoms with E-state index >= 15 is 0 Å². The van der Waals surface area contributed by atoms with Crippen molar-refractivity contribution in [2.24, 2.45) is 0 Å². The van der Waals surface area contributed by atoms with E-state index in [9.17, 15) is 4.79 Å². The molecule has 0 saturated carbocycles. The minimum absolute atomic E-state index is 0.0716. The number of benzene rings is 1. The highest BCUT2D eigenvalue weighted by atomic mass is 16.6. The average Bonchev–Trinajstić information content (AvgIpc) is 2.18. The van der Waals surface area contributed by atoms with E-state index in [0.29, 0.717) is 5.69 Å². The lowest BCUT2D eigenvalue weighted by Gasteiger charge is -2.35. The number of carbonyl (C=O) groups is 1. The lowest BCUT2D eigenvalue weighted by Crippen LogP contribution is -2.41. The largest absolute Gasteiger partial charge is 0.441 e. The van der Waals surface area contributed by atoms with Crippen LogP contribution in [0.2, 0.25) is 0 Å². The SMILES string of the molecule is CC1OC(=O)N(C(C)C)c2ccc(N)cc21. The van der Waals surface area contributed by atoms with E-state index in [1.165, 1.54) is 0 Å². The fourth-order valence-electron chi connectivity index (χ4n) is 1.98. The van der Waals surface area contributed by atoms with Crippen LogP contribution in [0.1, 0.15) is 32.4 Å². The van der Waals surface area contributed by atoms with Crippen molar-refractivity contribution in [3.05, 3.63) is 23.8 Å². The number of hydrogen-bond donors (Lipinski definition) is 1. The van der Waals surface area contributed by atoms with Crippen LogP contribution in [0.4, 0.5) is 16.2 Å². The second-order valence-corrected chi connectivity index (χ2v) is 4.31. The Morgan fingerprint density at radius 2 is 2.12 bits per heavy atom. The molecule has 1 aliphatic heterocycles. The van der Waals surface area contributed by atoms with Crippen LogP contribution in [-0.4, -0.2) is 12.1 Å². The maximum atomic E-state index is 11.8. The third kappa shape index (κ3) is 1.60. The molecule has 1 heterocycles. The van der Waals surface area contributed by atoms with Crippen molar-refractivity contribution in [3.63, 3.8) is 0 Å². The van der Waals surface area contributed by atoms with E-state index in [1.807, 2.05) is 32.9 Å². The van der Waals surface area contributed by atoms with Crippen molar-refractivity contribution >= 4 is 17.5 Å². The van der Waals surface area contributed by atoms with E-state index < -0.39 is 0 Å². The number of amides is 1. The van der Waals surface area contributed by atoms with Gasteiger partial charge < -0.3 is 10.5 Å². The molecule has 86 valence electrons. The second-order valence-electron chi connectivity index (χ2n) is 4.31. The maximum absolute atomic E-state index is 11.8. The van der Waals surface area contributed by atoms with Gasteiger partial charge in [0.2, 0.25) is 0 Å². The van der Waals surface area contributed by atoms with Gasteiger partial charge in [-0.15, -0.1) is 0 Å². The molecule has 0 aliphatic carbocycles. The van der Waals surface area contributed by atoms with E-state index in [1.54, 1.807) is 11.0 Å². The van der Waals surface area contributed by atoms with Gasteiger partial charge in [0.1, 0.15) is 6.10 Å². The summed E-state index contributed by atoms with van der Waals surface area (Å²) in [5.41, 5.74) is 8.29. The minimum atomic E-state index is -0.292. The highest BCUT2D eigenvalue weighted by molar-refractivity contribution is 5.91. The van der Waals surface area contributed by atoms with Gasteiger partial charge in [-0.1, -0.05) is 0 Å². The number of nitrogens with two attached hydrogens (primary N) is 1. The van der Waals surface area contributed by atoms with Crippen molar-refractivity contribution in [1.29, 1.82) is 0 Å². The Bertz CT molecular complexity index is 429. The number of hydrogen-bond acceptors (Lipinski definition) is 3. The average molecular weight is 220 g/mol. The highest BCUT2D eigenvalue weighted by Crippen LogP contribution is 2.36. The van der Waals surface area contributed by atoms with Crippen molar-refractivity contribution in [2.75, 3.05) is 10.6 Å². The Hall–Kier alpha value is -1.71. The summed E-state index contributed by atoms with van der Waals surface area (Å²) in [6.07, 6.45) is -0.527. The zero-order chi connectivity index (χ0) is 11.9. The zero-order valence-electron chi connectivity index (χ0n) is 9.73. The minimum Gasteiger partial charge on any atom is -0.441 e. The Labute approximate surface area is 95.0 Å². The molecule has 4 heteroatoms. The topological polar surface area (TPSA) is 55.6 Å². The van der Waals surface area contributed by atoms with E-state index in [-0.39, 0.29) is 18.2 Å². The van der Waals surface area contributed by atoms with Gasteiger partial charge in [0.15, 0.2) is 0 Å². The molecule has 1 aromatic rings. The summed E-state index contributed by atoms with van der Waals surface area (Å²) in [6.45, 7) is 5.77. The quantitative estimate of drug-likeness (QED) is 0.740. The number of ether oxygens (including phenoxy) is 1. The van der Waals surface area contributed by atoms with Crippen LogP contribution in [0.25, 0.3) is 0 Å². The molecular weight excluding hydrogens is 204 g/mol. The van der Waals surface area contributed by atoms with Crippen molar-refractivity contribution in [3.8, 4) is 0 Å². The molecule has 1 aliphatic rings. The fourth-order valence-corrected chi connectivity index (χ4v) is 1.98. The molecule has 0 radical (unpaired) electrons. The van der Waals surface area contributed by atoms with E-state index in [0.717, 1.165) is 11.3 Å². The van der Waals surface area contributed by atoms with Crippen molar-refractivity contribution in [1.82, 2.24) is 0 Å². The third-order valence-electron chi connectivity index (χ3n) is 2.74. The summed E-state index contributed by atoms with van der Waals surface area (Å²) in [6, 6.07) is 5.62. The molecule has 0 spiro atoms. The van der Waals surface area contributed by atoms with Gasteiger partial charge >= 0.3 is 6.09 Å². The third-order valence-corrected chi connectivity index (χ3v) is 2.74. The second kappa shape index (κ2) is 3.70. The first-order chi connectivity index (χ1) is 7.50. The van der Waals surface area contributed by atoms with E-state index in [2.05, 4.69) is 0 Å². The highest BCUT2D eigenvalue weighted by Gasteiger charge is 2.31. The number of rotatable bonds is 1. The molecule has 16 heavy (non-hydrogen) atoms. The molecule has 1 unspecified atom stereocenters. The summed E-state index contributed by atoms with van der Waals surface area (Å²) >= 11 is 0. The number of nitrogens with zero attached hydrogens (tertiary/aromatic N) is 1. The van der Waals surface area contributed by atoms with Gasteiger partial charge in [0.25, 0.3) is 0 Å². The number of anilines is 2. The summed E-state index contributed by atoms with van der Waals surface area (Å²) in [7, 11) is 0. The molecule has 0 saturated heterocycles. The molecule has 2 N–H and O–H groups in total. The Kier molecular flexibility index (Phi) is 2.50. The van der Waals surface area contributed by atoms with Crippen LogP contribution in [-0.2, 0) is 4.74 Å². The Morgan fingerprint density at radius 1 is 1.44 bits per heavy atom. The van der Waals surface area contributed by atoms with Crippen molar-refractivity contribution < 1.29 is 9.53 Å². The van der Waals surface area contributed by atoms with Crippen LogP contribution >= 0.6 is 0 Å². The van der Waals surface area contributed by atoms with Crippen LogP contribution in [0.5, 0.6) is 0 Å². The fraction of sp³-hybridized carbons (Fsp3) is 0.417. The normalized spacial score (nSPS) is 19.6. The molecule has 2 rings (SSSR count). The lowest BCUT2D eigenvalue weighted by atomic mass is 10.0. The molecule has 1 atom stereocenters. The van der Waals surface area contributed by atoms with Crippen molar-refractivity contribution in [2.45, 2.75) is 32.9 Å². The lowest BCUT2D eigenvalue weighted by molar-refractivity contribution is 0.106. The van der Waals surface area contributed by atoms with Crippen LogP contribution in [0.3, 0.4) is 0 Å². The van der Waals surface area contributed by atoms with Gasteiger partial charge in [0, 0.05) is 17.3 Å². The first kappa shape index (κ1) is 10.8. The molecule has 4 nitrogen and oxygen atoms in total. The number of nitrogen functional groups attached to an aromatic ring is 1. The Morgan fingerprint density at radius 3 is 2.75 bits per heavy atom. The monoisotopic (exact) mass is 220 g/mol. The number of carbonyl (C=O) groups excluding carboxylic acids is 1. The zero-order valence-corrected chi connectivity index (χ0v) is 9.73. The number of cyclic esters (lactones) is 1. The molecule has 1 amide bonds. The molecule has 1 aromatic carbocycles. The van der Waals surface area contributed by atoms with Gasteiger partial charge in [-0.05, 0) is 39.0 Å². The summed E-state index contributed by atoms with van der Waals surface area (Å²) in [5.74, 6) is 0. The molecule has 0 aromatic heterocycles. The molecular formula is C12H16N2O2. The first-order valence-corrected chi connectivity index (χ1v) is 5.40. The summed E-state index contributed by atoms with van der Waals surface area (Å²) in [5, 5.41) is 0. The first-order valence-electron chi connectivity index (χ1n) is 5.40. The van der Waals surface area contributed by atoms with Gasteiger partial charge in [-0.3, -0.25) is 4.90 Å². The number of fused-ring (bicyclic) bond motifs is 1. The van der Waals surface area contributed by atoms with Gasteiger partial charge in [0.05, 0.1) is 5.69 Å². The summed E-state index contributed by atoms with van der Waals surface area (Å²) < 4.78 is 5.27. The summed E-state index contributed by atoms with van der Waals surface area (Å²) in [4.78, 5) is 13.4. The predicted octanol–water partition coefficient (Wildman–Crippen LogP) is 2.69. The standard InChI is InChI=1S/C12H16N2O2/c1-7(2)14-11-5-4-9(13)6-10(11)8(3)16-12(14)15/h4-8H,13H2,1-3H3. The maximum Gasteiger partial charge on any atom is 0.415 e. The predicted molar refractivity (Wildman–Crippen MR) is 63.4 cm³/mol. The van der Waals surface area contributed by atoms with Gasteiger partial charge in [-0.2, -0.15) is 0 Å². The van der Waals surface area contributed by atoms with Crippen LogP contribution < -0.4 is 10.6 Å². The molecule has 0 bridgehead atoms. The molecule has 0 fully saturated rings. The smallest absolute Gasteiger partial charge is 0.415 e. The van der Waals surface area contributed by atoms with Crippen LogP contribution in [0.15, 0.2) is 18.2 Å². The van der Waals surface area contributed by atoms with Gasteiger partial charge in [-0.25, -0.2) is 4.79 Å².